The highest BCUT2D eigenvalue weighted by Gasteiger charge is 2.04. The molecular weight excluding hydrogens is 302 g/mol. The molecule has 0 saturated heterocycles. The molecule has 106 valence electrons. The number of para-hydroxylation sites is 1. The van der Waals surface area contributed by atoms with Crippen molar-refractivity contribution < 1.29 is 0 Å². The molecule has 0 bridgehead atoms. The molecule has 21 heavy (non-hydrogen) atoms. The number of anilines is 1. The number of aromatic nitrogens is 3. The number of thiazole rings is 1. The average molecular weight is 315 g/mol. The van der Waals surface area contributed by atoms with Crippen molar-refractivity contribution in [3.05, 3.63) is 48.5 Å². The molecule has 0 atom stereocenters. The van der Waals surface area contributed by atoms with Gasteiger partial charge in [0.2, 0.25) is 0 Å². The first-order chi connectivity index (χ1) is 10.3. The minimum Gasteiger partial charge on any atom is -0.362 e. The highest BCUT2D eigenvalue weighted by molar-refractivity contribution is 7.80. The predicted molar refractivity (Wildman–Crippen MR) is 89.6 cm³/mol. The number of fused-ring (bicyclic) bond motifs is 1. The number of hydrogen-bond donors (Lipinski definition) is 2. The zero-order valence-corrected chi connectivity index (χ0v) is 12.7. The van der Waals surface area contributed by atoms with Crippen molar-refractivity contribution in [2.45, 2.75) is 6.42 Å². The smallest absolute Gasteiger partial charge is 0.190 e. The number of nitrogens with zero attached hydrogens (tertiary/aromatic N) is 3. The molecule has 3 aromatic rings. The largest absolute Gasteiger partial charge is 0.362 e. The van der Waals surface area contributed by atoms with Crippen LogP contribution in [0.3, 0.4) is 0 Å². The van der Waals surface area contributed by atoms with Crippen LogP contribution in [0.5, 0.6) is 0 Å². The standard InChI is InChI=1S/C14H13N5S2/c20-13(17-9-6-12-15-7-3-8-16-12)19-14-18-10-4-1-2-5-11(10)21-14/h1-5,7-8H,6,9H2,(H2,17,18,19,20). The van der Waals surface area contributed by atoms with E-state index < -0.39 is 0 Å². The van der Waals surface area contributed by atoms with Gasteiger partial charge < -0.3 is 10.6 Å². The van der Waals surface area contributed by atoms with Crippen LogP contribution in [-0.4, -0.2) is 26.6 Å². The Morgan fingerprint density at radius 1 is 1.14 bits per heavy atom. The van der Waals surface area contributed by atoms with Crippen LogP contribution in [0.1, 0.15) is 5.82 Å². The maximum Gasteiger partial charge on any atom is 0.190 e. The summed E-state index contributed by atoms with van der Waals surface area (Å²) in [4.78, 5) is 12.8. The van der Waals surface area contributed by atoms with Crippen LogP contribution in [0, 0.1) is 0 Å². The van der Waals surface area contributed by atoms with E-state index in [9.17, 15) is 0 Å². The first-order valence-corrected chi connectivity index (χ1v) is 7.70. The van der Waals surface area contributed by atoms with Crippen LogP contribution in [-0.2, 0) is 6.42 Å². The second kappa shape index (κ2) is 6.55. The van der Waals surface area contributed by atoms with Gasteiger partial charge in [0.1, 0.15) is 5.82 Å². The van der Waals surface area contributed by atoms with E-state index in [1.165, 1.54) is 0 Å². The molecule has 0 amide bonds. The summed E-state index contributed by atoms with van der Waals surface area (Å²) >= 11 is 6.84. The molecule has 0 fully saturated rings. The Balaban J connectivity index is 1.52. The van der Waals surface area contributed by atoms with Crippen LogP contribution in [0.15, 0.2) is 42.7 Å². The molecule has 0 aliphatic carbocycles. The molecule has 0 saturated carbocycles. The molecule has 1 aromatic carbocycles. The summed E-state index contributed by atoms with van der Waals surface area (Å²) < 4.78 is 1.14. The zero-order valence-electron chi connectivity index (χ0n) is 11.1. The highest BCUT2D eigenvalue weighted by Crippen LogP contribution is 2.25. The summed E-state index contributed by atoms with van der Waals surface area (Å²) in [5, 5.41) is 7.59. The number of hydrogen-bond acceptors (Lipinski definition) is 5. The number of rotatable bonds is 4. The third-order valence-corrected chi connectivity index (χ3v) is 3.97. The van der Waals surface area contributed by atoms with Crippen molar-refractivity contribution in [1.82, 2.24) is 20.3 Å². The van der Waals surface area contributed by atoms with Gasteiger partial charge in [-0.3, -0.25) is 0 Å². The fourth-order valence-corrected chi connectivity index (χ4v) is 2.95. The summed E-state index contributed by atoms with van der Waals surface area (Å²) in [6, 6.07) is 9.81. The van der Waals surface area contributed by atoms with Gasteiger partial charge in [0.05, 0.1) is 10.2 Å². The first-order valence-electron chi connectivity index (χ1n) is 6.47. The Bertz CT molecular complexity index is 708. The van der Waals surface area contributed by atoms with E-state index in [0.717, 1.165) is 27.6 Å². The monoisotopic (exact) mass is 315 g/mol. The lowest BCUT2D eigenvalue weighted by atomic mass is 10.3. The Kier molecular flexibility index (Phi) is 4.32. The molecule has 2 aromatic heterocycles. The fraction of sp³-hybridized carbons (Fsp3) is 0.143. The lowest BCUT2D eigenvalue weighted by Gasteiger charge is -2.07. The topological polar surface area (TPSA) is 62.7 Å². The number of benzene rings is 1. The summed E-state index contributed by atoms with van der Waals surface area (Å²) in [6.45, 7) is 0.681. The van der Waals surface area contributed by atoms with Gasteiger partial charge in [-0.15, -0.1) is 0 Å². The normalized spacial score (nSPS) is 10.5. The number of thiocarbonyl (C=S) groups is 1. The van der Waals surface area contributed by atoms with Crippen LogP contribution >= 0.6 is 23.6 Å². The molecule has 3 rings (SSSR count). The Labute approximate surface area is 131 Å². The molecule has 0 radical (unpaired) electrons. The molecule has 7 heteroatoms. The lowest BCUT2D eigenvalue weighted by Crippen LogP contribution is -2.30. The maximum absolute atomic E-state index is 5.26. The first kappa shape index (κ1) is 13.8. The van der Waals surface area contributed by atoms with E-state index in [1.807, 2.05) is 24.3 Å². The quantitative estimate of drug-likeness (QED) is 0.722. The van der Waals surface area contributed by atoms with E-state index >= 15 is 0 Å². The van der Waals surface area contributed by atoms with E-state index in [4.69, 9.17) is 12.2 Å². The minimum atomic E-state index is 0.560. The summed E-state index contributed by atoms with van der Waals surface area (Å²) in [6.07, 6.45) is 4.20. The van der Waals surface area contributed by atoms with Gasteiger partial charge in [0, 0.05) is 25.4 Å². The molecule has 0 unspecified atom stereocenters. The van der Waals surface area contributed by atoms with Gasteiger partial charge in [-0.25, -0.2) is 15.0 Å². The van der Waals surface area contributed by atoms with E-state index in [1.54, 1.807) is 29.8 Å². The minimum absolute atomic E-state index is 0.560. The molecule has 0 aliphatic rings. The van der Waals surface area contributed by atoms with Gasteiger partial charge in [0.15, 0.2) is 10.2 Å². The molecule has 5 nitrogen and oxygen atoms in total. The summed E-state index contributed by atoms with van der Waals surface area (Å²) in [5.41, 5.74) is 0.977. The van der Waals surface area contributed by atoms with Crippen LogP contribution in [0.2, 0.25) is 0 Å². The van der Waals surface area contributed by atoms with Gasteiger partial charge >= 0.3 is 0 Å². The SMILES string of the molecule is S=C(NCCc1ncccn1)Nc1nc2ccccc2s1. The van der Waals surface area contributed by atoms with Crippen molar-refractivity contribution in [2.24, 2.45) is 0 Å². The molecule has 2 heterocycles. The molecule has 0 aliphatic heterocycles. The van der Waals surface area contributed by atoms with E-state index in [-0.39, 0.29) is 0 Å². The summed E-state index contributed by atoms with van der Waals surface area (Å²) in [5.74, 6) is 0.799. The van der Waals surface area contributed by atoms with E-state index in [2.05, 4.69) is 25.6 Å². The third kappa shape index (κ3) is 3.71. The van der Waals surface area contributed by atoms with Crippen molar-refractivity contribution >= 4 is 44.0 Å². The molecular formula is C14H13N5S2. The molecule has 0 spiro atoms. The Hall–Kier alpha value is -2.12. The van der Waals surface area contributed by atoms with Crippen LogP contribution in [0.25, 0.3) is 10.2 Å². The predicted octanol–water partition coefficient (Wildman–Crippen LogP) is 2.62. The van der Waals surface area contributed by atoms with Crippen molar-refractivity contribution in [1.29, 1.82) is 0 Å². The fourth-order valence-electron chi connectivity index (χ4n) is 1.81. The second-order valence-corrected chi connectivity index (χ2v) is 5.72. The Morgan fingerprint density at radius 3 is 2.76 bits per heavy atom. The highest BCUT2D eigenvalue weighted by atomic mass is 32.1. The van der Waals surface area contributed by atoms with Crippen molar-refractivity contribution in [3.63, 3.8) is 0 Å². The number of nitrogens with one attached hydrogen (secondary N) is 2. The van der Waals surface area contributed by atoms with Crippen molar-refractivity contribution in [2.75, 3.05) is 11.9 Å². The summed E-state index contributed by atoms with van der Waals surface area (Å²) in [7, 11) is 0. The van der Waals surface area contributed by atoms with Crippen LogP contribution in [0.4, 0.5) is 5.13 Å². The average Bonchev–Trinajstić information content (AvgIpc) is 2.90. The maximum atomic E-state index is 5.26. The van der Waals surface area contributed by atoms with E-state index in [0.29, 0.717) is 11.7 Å². The second-order valence-electron chi connectivity index (χ2n) is 4.28. The third-order valence-electron chi connectivity index (χ3n) is 2.77. The zero-order chi connectivity index (χ0) is 14.5. The van der Waals surface area contributed by atoms with Crippen molar-refractivity contribution in [3.8, 4) is 0 Å². The van der Waals surface area contributed by atoms with Gasteiger partial charge in [-0.1, -0.05) is 23.5 Å². The van der Waals surface area contributed by atoms with Gasteiger partial charge in [0.25, 0.3) is 0 Å². The Morgan fingerprint density at radius 2 is 1.95 bits per heavy atom. The van der Waals surface area contributed by atoms with Gasteiger partial charge in [-0.2, -0.15) is 0 Å². The lowest BCUT2D eigenvalue weighted by molar-refractivity contribution is 0.812. The van der Waals surface area contributed by atoms with Gasteiger partial charge in [-0.05, 0) is 30.4 Å². The molecule has 2 N–H and O–H groups in total. The van der Waals surface area contributed by atoms with Crippen LogP contribution < -0.4 is 10.6 Å².